The molecule has 1 saturated heterocycles. The fraction of sp³-hybridized carbons (Fsp3) is 1.00. The van der Waals surface area contributed by atoms with E-state index in [1.807, 2.05) is 0 Å². The van der Waals surface area contributed by atoms with Gasteiger partial charge in [0.2, 0.25) is 0 Å². The van der Waals surface area contributed by atoms with Gasteiger partial charge in [0.05, 0.1) is 0 Å². The van der Waals surface area contributed by atoms with E-state index in [0.29, 0.717) is 5.41 Å². The van der Waals surface area contributed by atoms with E-state index in [4.69, 9.17) is 4.74 Å². The molecular formula is C18H34N2O. The average molecular weight is 294 g/mol. The first-order chi connectivity index (χ1) is 10.3. The number of nitrogens with one attached hydrogen (secondary N) is 1. The largest absolute Gasteiger partial charge is 0.381 e. The van der Waals surface area contributed by atoms with Crippen LogP contribution in [0.25, 0.3) is 0 Å². The minimum absolute atomic E-state index is 0.467. The molecule has 2 aliphatic carbocycles. The molecule has 21 heavy (non-hydrogen) atoms. The predicted molar refractivity (Wildman–Crippen MR) is 87.6 cm³/mol. The molecule has 3 heteroatoms. The number of hydrogen-bond acceptors (Lipinski definition) is 3. The SMILES string of the molecule is CCN(CC1(CNC2CC2)CCOCC1)C1CCCCC1. The van der Waals surface area contributed by atoms with Crippen molar-refractivity contribution < 1.29 is 4.74 Å². The van der Waals surface area contributed by atoms with Gasteiger partial charge in [-0.25, -0.2) is 0 Å². The Kier molecular flexibility index (Phi) is 5.58. The Balaban J connectivity index is 1.59. The van der Waals surface area contributed by atoms with Crippen LogP contribution in [0.1, 0.15) is 64.7 Å². The van der Waals surface area contributed by atoms with Crippen molar-refractivity contribution in [1.82, 2.24) is 10.2 Å². The lowest BCUT2D eigenvalue weighted by atomic mass is 9.78. The van der Waals surface area contributed by atoms with Gasteiger partial charge in [-0.15, -0.1) is 0 Å². The van der Waals surface area contributed by atoms with Crippen LogP contribution in [-0.2, 0) is 4.74 Å². The molecule has 0 aromatic rings. The first-order valence-electron chi connectivity index (χ1n) is 9.36. The van der Waals surface area contributed by atoms with Crippen LogP contribution in [0.3, 0.4) is 0 Å². The van der Waals surface area contributed by atoms with Crippen LogP contribution in [0, 0.1) is 5.41 Å². The molecule has 1 N–H and O–H groups in total. The molecule has 0 spiro atoms. The molecule has 3 aliphatic rings. The fourth-order valence-electron chi connectivity index (χ4n) is 4.22. The first-order valence-corrected chi connectivity index (χ1v) is 9.36. The zero-order valence-electron chi connectivity index (χ0n) is 13.9. The third-order valence-electron chi connectivity index (χ3n) is 5.93. The van der Waals surface area contributed by atoms with Crippen LogP contribution in [0.4, 0.5) is 0 Å². The summed E-state index contributed by atoms with van der Waals surface area (Å²) in [5, 5.41) is 3.82. The Morgan fingerprint density at radius 1 is 1.05 bits per heavy atom. The highest BCUT2D eigenvalue weighted by Gasteiger charge is 2.37. The third-order valence-corrected chi connectivity index (χ3v) is 5.93. The van der Waals surface area contributed by atoms with Crippen molar-refractivity contribution in [2.45, 2.75) is 76.8 Å². The number of rotatable bonds is 7. The molecule has 0 bridgehead atoms. The zero-order valence-corrected chi connectivity index (χ0v) is 13.9. The van der Waals surface area contributed by atoms with E-state index in [1.165, 1.54) is 77.4 Å². The Morgan fingerprint density at radius 2 is 1.76 bits per heavy atom. The van der Waals surface area contributed by atoms with Crippen molar-refractivity contribution >= 4 is 0 Å². The second-order valence-electron chi connectivity index (χ2n) is 7.62. The smallest absolute Gasteiger partial charge is 0.0472 e. The standard InChI is InChI=1S/C18H34N2O/c1-2-20(17-6-4-3-5-7-17)15-18(10-12-21-13-11-18)14-19-16-8-9-16/h16-17,19H,2-15H2,1H3. The van der Waals surface area contributed by atoms with E-state index < -0.39 is 0 Å². The Labute approximate surface area is 130 Å². The topological polar surface area (TPSA) is 24.5 Å². The van der Waals surface area contributed by atoms with E-state index in [1.54, 1.807) is 0 Å². The molecule has 3 fully saturated rings. The Hall–Kier alpha value is -0.120. The molecule has 122 valence electrons. The van der Waals surface area contributed by atoms with Gasteiger partial charge < -0.3 is 15.0 Å². The summed E-state index contributed by atoms with van der Waals surface area (Å²) in [6, 6.07) is 1.68. The van der Waals surface area contributed by atoms with Crippen LogP contribution in [0.15, 0.2) is 0 Å². The molecule has 1 heterocycles. The van der Waals surface area contributed by atoms with Gasteiger partial charge >= 0.3 is 0 Å². The van der Waals surface area contributed by atoms with Gasteiger partial charge in [-0.2, -0.15) is 0 Å². The molecule has 0 atom stereocenters. The van der Waals surface area contributed by atoms with Crippen molar-refractivity contribution in [3.8, 4) is 0 Å². The monoisotopic (exact) mass is 294 g/mol. The number of ether oxygens (including phenoxy) is 1. The highest BCUT2D eigenvalue weighted by atomic mass is 16.5. The van der Waals surface area contributed by atoms with Crippen LogP contribution >= 0.6 is 0 Å². The summed E-state index contributed by atoms with van der Waals surface area (Å²) in [5.74, 6) is 0. The lowest BCUT2D eigenvalue weighted by Gasteiger charge is -2.44. The highest BCUT2D eigenvalue weighted by Crippen LogP contribution is 2.34. The molecule has 0 aromatic carbocycles. The van der Waals surface area contributed by atoms with E-state index in [9.17, 15) is 0 Å². The van der Waals surface area contributed by atoms with Gasteiger partial charge in [0, 0.05) is 38.4 Å². The molecular weight excluding hydrogens is 260 g/mol. The quantitative estimate of drug-likeness (QED) is 0.780. The Morgan fingerprint density at radius 3 is 2.38 bits per heavy atom. The maximum absolute atomic E-state index is 5.66. The van der Waals surface area contributed by atoms with Crippen molar-refractivity contribution in [3.63, 3.8) is 0 Å². The summed E-state index contributed by atoms with van der Waals surface area (Å²) in [4.78, 5) is 2.80. The molecule has 2 saturated carbocycles. The average Bonchev–Trinajstić information content (AvgIpc) is 3.37. The Bertz CT molecular complexity index is 304. The second-order valence-corrected chi connectivity index (χ2v) is 7.62. The molecule has 0 aromatic heterocycles. The van der Waals surface area contributed by atoms with Gasteiger partial charge in [-0.05, 0) is 50.5 Å². The van der Waals surface area contributed by atoms with Gasteiger partial charge in [-0.1, -0.05) is 26.2 Å². The molecule has 0 radical (unpaired) electrons. The van der Waals surface area contributed by atoms with Crippen LogP contribution < -0.4 is 5.32 Å². The van der Waals surface area contributed by atoms with Crippen LogP contribution in [0.5, 0.6) is 0 Å². The van der Waals surface area contributed by atoms with Crippen molar-refractivity contribution in [2.24, 2.45) is 5.41 Å². The fourth-order valence-corrected chi connectivity index (χ4v) is 4.22. The highest BCUT2D eigenvalue weighted by molar-refractivity contribution is 4.92. The zero-order chi connectivity index (χ0) is 14.5. The van der Waals surface area contributed by atoms with E-state index in [2.05, 4.69) is 17.1 Å². The third kappa shape index (κ3) is 4.43. The maximum Gasteiger partial charge on any atom is 0.0472 e. The maximum atomic E-state index is 5.66. The van der Waals surface area contributed by atoms with Crippen LogP contribution in [-0.4, -0.2) is 49.8 Å². The number of hydrogen-bond donors (Lipinski definition) is 1. The van der Waals surface area contributed by atoms with E-state index in [-0.39, 0.29) is 0 Å². The molecule has 0 unspecified atom stereocenters. The summed E-state index contributed by atoms with van der Waals surface area (Å²) in [6.45, 7) is 8.01. The normalized spacial score (nSPS) is 27.1. The number of nitrogens with zero attached hydrogens (tertiary/aromatic N) is 1. The van der Waals surface area contributed by atoms with E-state index >= 15 is 0 Å². The lowest BCUT2D eigenvalue weighted by molar-refractivity contribution is -0.0142. The summed E-state index contributed by atoms with van der Waals surface area (Å²) in [5.41, 5.74) is 0.467. The van der Waals surface area contributed by atoms with Crippen molar-refractivity contribution in [2.75, 3.05) is 32.8 Å². The molecule has 3 rings (SSSR count). The summed E-state index contributed by atoms with van der Waals surface area (Å²) in [7, 11) is 0. The second kappa shape index (κ2) is 7.43. The van der Waals surface area contributed by atoms with Gasteiger partial charge in [-0.3, -0.25) is 0 Å². The van der Waals surface area contributed by atoms with Gasteiger partial charge in [0.15, 0.2) is 0 Å². The van der Waals surface area contributed by atoms with Gasteiger partial charge in [0.1, 0.15) is 0 Å². The minimum Gasteiger partial charge on any atom is -0.381 e. The molecule has 1 aliphatic heterocycles. The van der Waals surface area contributed by atoms with Gasteiger partial charge in [0.25, 0.3) is 0 Å². The molecule has 3 nitrogen and oxygen atoms in total. The summed E-state index contributed by atoms with van der Waals surface area (Å²) < 4.78 is 5.66. The van der Waals surface area contributed by atoms with E-state index in [0.717, 1.165) is 25.3 Å². The van der Waals surface area contributed by atoms with Crippen molar-refractivity contribution in [3.05, 3.63) is 0 Å². The first kappa shape index (κ1) is 15.8. The molecule has 0 amide bonds. The summed E-state index contributed by atoms with van der Waals surface area (Å²) in [6.07, 6.45) is 12.5. The lowest BCUT2D eigenvalue weighted by Crippen LogP contribution is -2.50. The van der Waals surface area contributed by atoms with Crippen molar-refractivity contribution in [1.29, 1.82) is 0 Å². The summed E-state index contributed by atoms with van der Waals surface area (Å²) >= 11 is 0. The van der Waals surface area contributed by atoms with Crippen LogP contribution in [0.2, 0.25) is 0 Å². The minimum atomic E-state index is 0.467. The predicted octanol–water partition coefficient (Wildman–Crippen LogP) is 3.19.